The van der Waals surface area contributed by atoms with Gasteiger partial charge in [0.25, 0.3) is 0 Å². The van der Waals surface area contributed by atoms with Crippen molar-refractivity contribution in [2.75, 3.05) is 7.05 Å². The summed E-state index contributed by atoms with van der Waals surface area (Å²) in [5, 5.41) is 0. The smallest absolute Gasteiger partial charge is 0.102 e. The molecule has 1 aliphatic rings. The zero-order valence-electron chi connectivity index (χ0n) is 12.1. The molecule has 2 aromatic rings. The lowest BCUT2D eigenvalue weighted by Gasteiger charge is -2.18. The molecule has 1 heterocycles. The molecule has 0 fully saturated rings. The van der Waals surface area contributed by atoms with Gasteiger partial charge in [0.15, 0.2) is 0 Å². The molecule has 1 aliphatic heterocycles. The van der Waals surface area contributed by atoms with E-state index >= 15 is 0 Å². The molecule has 1 atom stereocenters. The SMILES string of the molecule is CCC1=N[C@@H](c2ccccc2)c2ccccc2CN1C. The molecule has 102 valence electrons. The van der Waals surface area contributed by atoms with Crippen molar-refractivity contribution in [2.45, 2.75) is 25.9 Å². The van der Waals surface area contributed by atoms with E-state index in [9.17, 15) is 0 Å². The second kappa shape index (κ2) is 5.49. The van der Waals surface area contributed by atoms with Crippen LogP contribution >= 0.6 is 0 Å². The zero-order chi connectivity index (χ0) is 13.9. The van der Waals surface area contributed by atoms with Gasteiger partial charge in [-0.25, -0.2) is 0 Å². The van der Waals surface area contributed by atoms with E-state index in [4.69, 9.17) is 4.99 Å². The van der Waals surface area contributed by atoms with Gasteiger partial charge >= 0.3 is 0 Å². The number of aliphatic imine (C=N–C) groups is 1. The van der Waals surface area contributed by atoms with Gasteiger partial charge in [-0.3, -0.25) is 4.99 Å². The summed E-state index contributed by atoms with van der Waals surface area (Å²) >= 11 is 0. The number of benzene rings is 2. The van der Waals surface area contributed by atoms with Gasteiger partial charge in [-0.2, -0.15) is 0 Å². The Morgan fingerprint density at radius 3 is 2.50 bits per heavy atom. The number of hydrogen-bond acceptors (Lipinski definition) is 2. The summed E-state index contributed by atoms with van der Waals surface area (Å²) in [6.07, 6.45) is 0.966. The van der Waals surface area contributed by atoms with Gasteiger partial charge in [-0.15, -0.1) is 0 Å². The van der Waals surface area contributed by atoms with Gasteiger partial charge in [0.05, 0.1) is 5.84 Å². The van der Waals surface area contributed by atoms with Crippen LogP contribution in [0.4, 0.5) is 0 Å². The van der Waals surface area contributed by atoms with Gasteiger partial charge in [-0.1, -0.05) is 61.5 Å². The average Bonchev–Trinajstić information content (AvgIpc) is 2.64. The monoisotopic (exact) mass is 264 g/mol. The summed E-state index contributed by atoms with van der Waals surface area (Å²) in [5.74, 6) is 1.18. The second-order valence-electron chi connectivity index (χ2n) is 5.27. The highest BCUT2D eigenvalue weighted by atomic mass is 15.2. The minimum absolute atomic E-state index is 0.118. The van der Waals surface area contributed by atoms with Crippen LogP contribution < -0.4 is 0 Å². The first-order valence-corrected chi connectivity index (χ1v) is 7.20. The van der Waals surface area contributed by atoms with Gasteiger partial charge < -0.3 is 4.90 Å². The van der Waals surface area contributed by atoms with Gasteiger partial charge in [0.2, 0.25) is 0 Å². The van der Waals surface area contributed by atoms with Crippen LogP contribution in [0.1, 0.15) is 36.1 Å². The predicted octanol–water partition coefficient (Wildman–Crippen LogP) is 4.03. The van der Waals surface area contributed by atoms with Crippen molar-refractivity contribution in [2.24, 2.45) is 4.99 Å². The molecule has 0 bridgehead atoms. The van der Waals surface area contributed by atoms with Crippen molar-refractivity contribution < 1.29 is 0 Å². The molecule has 2 heteroatoms. The molecule has 0 aromatic heterocycles. The molecule has 2 aromatic carbocycles. The summed E-state index contributed by atoms with van der Waals surface area (Å²) in [6.45, 7) is 3.11. The van der Waals surface area contributed by atoms with E-state index in [0.717, 1.165) is 13.0 Å². The Bertz CT molecular complexity index is 616. The Morgan fingerprint density at radius 1 is 1.05 bits per heavy atom. The molecule has 20 heavy (non-hydrogen) atoms. The Morgan fingerprint density at radius 2 is 1.75 bits per heavy atom. The maximum atomic E-state index is 5.03. The number of amidine groups is 1. The van der Waals surface area contributed by atoms with Crippen molar-refractivity contribution in [3.63, 3.8) is 0 Å². The molecule has 0 radical (unpaired) electrons. The summed E-state index contributed by atoms with van der Waals surface area (Å²) in [7, 11) is 2.13. The number of hydrogen-bond donors (Lipinski definition) is 0. The van der Waals surface area contributed by atoms with Crippen LogP contribution in [0.5, 0.6) is 0 Å². The molecule has 0 saturated carbocycles. The van der Waals surface area contributed by atoms with Crippen LogP contribution in [-0.4, -0.2) is 17.8 Å². The van der Waals surface area contributed by atoms with Crippen LogP contribution in [-0.2, 0) is 6.54 Å². The van der Waals surface area contributed by atoms with Gasteiger partial charge in [0, 0.05) is 20.0 Å². The number of fused-ring (bicyclic) bond motifs is 1. The van der Waals surface area contributed by atoms with E-state index in [2.05, 4.69) is 73.5 Å². The largest absolute Gasteiger partial charge is 0.359 e. The topological polar surface area (TPSA) is 15.6 Å². The van der Waals surface area contributed by atoms with Crippen molar-refractivity contribution in [3.8, 4) is 0 Å². The molecule has 0 amide bonds. The van der Waals surface area contributed by atoms with E-state index in [1.807, 2.05) is 0 Å². The Kier molecular flexibility index (Phi) is 3.55. The van der Waals surface area contributed by atoms with Crippen molar-refractivity contribution in [1.82, 2.24) is 4.90 Å². The molecule has 2 nitrogen and oxygen atoms in total. The van der Waals surface area contributed by atoms with Crippen molar-refractivity contribution in [3.05, 3.63) is 71.3 Å². The Hall–Kier alpha value is -2.09. The highest BCUT2D eigenvalue weighted by molar-refractivity contribution is 5.83. The van der Waals surface area contributed by atoms with E-state index in [1.54, 1.807) is 0 Å². The Labute approximate surface area is 120 Å². The minimum Gasteiger partial charge on any atom is -0.359 e. The van der Waals surface area contributed by atoms with Crippen LogP contribution in [0.3, 0.4) is 0 Å². The third-order valence-electron chi connectivity index (χ3n) is 3.91. The summed E-state index contributed by atoms with van der Waals surface area (Å²) in [6, 6.07) is 19.4. The maximum absolute atomic E-state index is 5.03. The lowest BCUT2D eigenvalue weighted by molar-refractivity contribution is 0.493. The molecule has 0 spiro atoms. The third kappa shape index (κ3) is 2.34. The minimum atomic E-state index is 0.118. The fourth-order valence-corrected chi connectivity index (χ4v) is 2.86. The third-order valence-corrected chi connectivity index (χ3v) is 3.91. The molecule has 0 unspecified atom stereocenters. The molecule has 0 saturated heterocycles. The van der Waals surface area contributed by atoms with Gasteiger partial charge in [0.1, 0.15) is 6.04 Å². The van der Waals surface area contributed by atoms with E-state index in [1.165, 1.54) is 22.5 Å². The summed E-state index contributed by atoms with van der Waals surface area (Å²) < 4.78 is 0. The van der Waals surface area contributed by atoms with E-state index < -0.39 is 0 Å². The van der Waals surface area contributed by atoms with Crippen molar-refractivity contribution in [1.29, 1.82) is 0 Å². The number of rotatable bonds is 2. The quantitative estimate of drug-likeness (QED) is 0.799. The molecule has 0 aliphatic carbocycles. The lowest BCUT2D eigenvalue weighted by atomic mass is 9.95. The highest BCUT2D eigenvalue weighted by Gasteiger charge is 2.22. The molecule has 3 rings (SSSR count). The molecule has 0 N–H and O–H groups in total. The normalized spacial score (nSPS) is 18.2. The van der Waals surface area contributed by atoms with Crippen molar-refractivity contribution >= 4 is 5.84 Å². The molecular formula is C18H20N2. The van der Waals surface area contributed by atoms with Crippen LogP contribution in [0.15, 0.2) is 59.6 Å². The second-order valence-corrected chi connectivity index (χ2v) is 5.27. The summed E-state index contributed by atoms with van der Waals surface area (Å²) in [5.41, 5.74) is 3.96. The first kappa shape index (κ1) is 12.9. The predicted molar refractivity (Wildman–Crippen MR) is 83.9 cm³/mol. The fraction of sp³-hybridized carbons (Fsp3) is 0.278. The van der Waals surface area contributed by atoms with Gasteiger partial charge in [-0.05, 0) is 16.7 Å². The Balaban J connectivity index is 2.15. The zero-order valence-corrected chi connectivity index (χ0v) is 12.1. The molecular weight excluding hydrogens is 244 g/mol. The fourth-order valence-electron chi connectivity index (χ4n) is 2.86. The van der Waals surface area contributed by atoms with E-state index in [-0.39, 0.29) is 6.04 Å². The van der Waals surface area contributed by atoms with E-state index in [0.29, 0.717) is 0 Å². The van der Waals surface area contributed by atoms with Crippen LogP contribution in [0.25, 0.3) is 0 Å². The average molecular weight is 264 g/mol. The standard InChI is InChI=1S/C18H20N2/c1-3-17-19-18(14-9-5-4-6-10-14)16-12-8-7-11-15(16)13-20(17)2/h4-12,18H,3,13H2,1-2H3/t18-/m0/s1. The highest BCUT2D eigenvalue weighted by Crippen LogP contribution is 2.32. The first-order chi connectivity index (χ1) is 9.79. The lowest BCUT2D eigenvalue weighted by Crippen LogP contribution is -2.24. The van der Waals surface area contributed by atoms with Crippen LogP contribution in [0.2, 0.25) is 0 Å². The maximum Gasteiger partial charge on any atom is 0.102 e. The first-order valence-electron chi connectivity index (χ1n) is 7.20. The summed E-state index contributed by atoms with van der Waals surface area (Å²) in [4.78, 5) is 7.29. The van der Waals surface area contributed by atoms with Crippen LogP contribution in [0, 0.1) is 0 Å². The number of nitrogens with zero attached hydrogens (tertiary/aromatic N) is 2.